The molecule has 0 aliphatic carbocycles. The van der Waals surface area contributed by atoms with Crippen molar-refractivity contribution in [2.75, 3.05) is 18.1 Å². The predicted molar refractivity (Wildman–Crippen MR) is 67.2 cm³/mol. The molecule has 0 aromatic carbocycles. The van der Waals surface area contributed by atoms with E-state index in [0.717, 1.165) is 6.92 Å². The summed E-state index contributed by atoms with van der Waals surface area (Å²) in [6, 6.07) is -1.50. The molecule has 0 aromatic rings. The molecule has 0 bridgehead atoms. The quantitative estimate of drug-likeness (QED) is 0.500. The molecule has 1 atom stereocenters. The molecule has 2 amide bonds. The lowest BCUT2D eigenvalue weighted by Gasteiger charge is -2.13. The number of rotatable bonds is 8. The van der Waals surface area contributed by atoms with Crippen molar-refractivity contribution in [3.8, 4) is 0 Å². The Balaban J connectivity index is 4.51. The maximum atomic E-state index is 11.6. The van der Waals surface area contributed by atoms with Gasteiger partial charge in [0.15, 0.2) is 9.84 Å². The predicted octanol–water partition coefficient (Wildman–Crippen LogP) is -1.48. The second kappa shape index (κ2) is 7.72. The first-order chi connectivity index (χ1) is 8.68. The highest BCUT2D eigenvalue weighted by Gasteiger charge is 2.26. The van der Waals surface area contributed by atoms with Gasteiger partial charge in [0.05, 0.1) is 11.5 Å². The molecule has 9 heteroatoms. The molecule has 110 valence electrons. The molecule has 0 fully saturated rings. The van der Waals surface area contributed by atoms with Crippen molar-refractivity contribution in [2.45, 2.75) is 26.3 Å². The highest BCUT2D eigenvalue weighted by atomic mass is 32.2. The third kappa shape index (κ3) is 8.14. The summed E-state index contributed by atoms with van der Waals surface area (Å²) in [5, 5.41) is 13.3. The Morgan fingerprint density at radius 3 is 2.26 bits per heavy atom. The molecule has 0 aliphatic rings. The van der Waals surface area contributed by atoms with Crippen molar-refractivity contribution in [2.24, 2.45) is 0 Å². The Hall–Kier alpha value is -1.64. The minimum atomic E-state index is -3.74. The number of hydrogen-bond acceptors (Lipinski definition) is 5. The molecular formula is C10H18N2O6S. The van der Waals surface area contributed by atoms with Gasteiger partial charge in [-0.3, -0.25) is 9.59 Å². The average Bonchev–Trinajstić information content (AvgIpc) is 2.25. The molecule has 0 unspecified atom stereocenters. The number of carboxylic acid groups (broad SMARTS) is 1. The fraction of sp³-hybridized carbons (Fsp3) is 0.700. The van der Waals surface area contributed by atoms with Crippen molar-refractivity contribution in [1.82, 2.24) is 10.6 Å². The molecular weight excluding hydrogens is 276 g/mol. The minimum Gasteiger partial charge on any atom is -0.480 e. The van der Waals surface area contributed by atoms with Gasteiger partial charge in [-0.25, -0.2) is 13.2 Å². The second-order valence-corrected chi connectivity index (χ2v) is 6.14. The van der Waals surface area contributed by atoms with Gasteiger partial charge in [-0.15, -0.1) is 0 Å². The minimum absolute atomic E-state index is 0.234. The normalized spacial score (nSPS) is 12.5. The summed E-state index contributed by atoms with van der Waals surface area (Å²) < 4.78 is 23.3. The maximum Gasteiger partial charge on any atom is 0.327 e. The maximum absolute atomic E-state index is 11.6. The van der Waals surface area contributed by atoms with Gasteiger partial charge in [0.25, 0.3) is 0 Å². The van der Waals surface area contributed by atoms with Crippen LogP contribution >= 0.6 is 0 Å². The number of carbonyl (C=O) groups is 3. The number of aliphatic carboxylic acids is 1. The van der Waals surface area contributed by atoms with E-state index in [4.69, 9.17) is 5.11 Å². The summed E-state index contributed by atoms with van der Waals surface area (Å²) in [6.45, 7) is 3.18. The van der Waals surface area contributed by atoms with Crippen LogP contribution in [0.4, 0.5) is 0 Å². The second-order valence-electron chi connectivity index (χ2n) is 3.91. The van der Waals surface area contributed by atoms with Crippen molar-refractivity contribution in [3.63, 3.8) is 0 Å². The van der Waals surface area contributed by atoms with E-state index < -0.39 is 45.2 Å². The van der Waals surface area contributed by atoms with E-state index in [9.17, 15) is 22.8 Å². The van der Waals surface area contributed by atoms with Crippen LogP contribution < -0.4 is 10.6 Å². The van der Waals surface area contributed by atoms with Gasteiger partial charge in [0, 0.05) is 19.9 Å². The van der Waals surface area contributed by atoms with Crippen molar-refractivity contribution in [1.29, 1.82) is 0 Å². The SMILES string of the molecule is CCNC(=O)CCS(=O)(=O)C[C@H](NC(C)=O)C(=O)O. The highest BCUT2D eigenvalue weighted by molar-refractivity contribution is 7.91. The van der Waals surface area contributed by atoms with Gasteiger partial charge in [-0.1, -0.05) is 0 Å². The zero-order valence-electron chi connectivity index (χ0n) is 10.8. The largest absolute Gasteiger partial charge is 0.480 e. The molecule has 3 N–H and O–H groups in total. The molecule has 0 heterocycles. The van der Waals surface area contributed by atoms with Gasteiger partial charge >= 0.3 is 5.97 Å². The summed E-state index contributed by atoms with van der Waals surface area (Å²) in [5.41, 5.74) is 0. The first kappa shape index (κ1) is 17.4. The van der Waals surface area contributed by atoms with Crippen molar-refractivity contribution >= 4 is 27.6 Å². The topological polar surface area (TPSA) is 130 Å². The standard InChI is InChI=1S/C10H18N2O6S/c1-3-11-9(14)4-5-19(17,18)6-8(10(15)16)12-7(2)13/h8H,3-6H2,1-2H3,(H,11,14)(H,12,13)(H,15,16)/t8-/m0/s1. The van der Waals surface area contributed by atoms with E-state index in [0.29, 0.717) is 6.54 Å². The summed E-state index contributed by atoms with van der Waals surface area (Å²) in [5.74, 6) is -3.68. The summed E-state index contributed by atoms with van der Waals surface area (Å²) >= 11 is 0. The van der Waals surface area contributed by atoms with Crippen molar-refractivity contribution < 1.29 is 27.9 Å². The summed E-state index contributed by atoms with van der Waals surface area (Å²) in [6.07, 6.45) is -0.234. The zero-order valence-corrected chi connectivity index (χ0v) is 11.6. The average molecular weight is 294 g/mol. The first-order valence-electron chi connectivity index (χ1n) is 5.65. The molecule has 19 heavy (non-hydrogen) atoms. The molecule has 0 rings (SSSR count). The zero-order chi connectivity index (χ0) is 15.1. The van der Waals surface area contributed by atoms with Crippen LogP contribution in [0.1, 0.15) is 20.3 Å². The lowest BCUT2D eigenvalue weighted by Crippen LogP contribution is -2.45. The Kier molecular flexibility index (Phi) is 7.05. The Bertz CT molecular complexity index is 445. The van der Waals surface area contributed by atoms with Crippen LogP contribution in [0.25, 0.3) is 0 Å². The first-order valence-corrected chi connectivity index (χ1v) is 7.47. The molecule has 0 spiro atoms. The van der Waals surface area contributed by atoms with E-state index in [-0.39, 0.29) is 6.42 Å². The van der Waals surface area contributed by atoms with E-state index >= 15 is 0 Å². The Morgan fingerprint density at radius 1 is 1.26 bits per heavy atom. The number of nitrogens with one attached hydrogen (secondary N) is 2. The van der Waals surface area contributed by atoms with Crippen LogP contribution in [-0.2, 0) is 24.2 Å². The van der Waals surface area contributed by atoms with E-state index in [1.54, 1.807) is 6.92 Å². The third-order valence-corrected chi connectivity index (χ3v) is 3.78. The van der Waals surface area contributed by atoms with E-state index in [2.05, 4.69) is 5.32 Å². The summed E-state index contributed by atoms with van der Waals surface area (Å²) in [4.78, 5) is 32.7. The van der Waals surface area contributed by atoms with Gasteiger partial charge in [0.2, 0.25) is 11.8 Å². The number of hydrogen-bond donors (Lipinski definition) is 3. The van der Waals surface area contributed by atoms with E-state index in [1.165, 1.54) is 0 Å². The van der Waals surface area contributed by atoms with Gasteiger partial charge in [-0.05, 0) is 6.92 Å². The molecule has 0 saturated heterocycles. The number of amides is 2. The van der Waals surface area contributed by atoms with Crippen LogP contribution in [-0.4, -0.2) is 55.4 Å². The molecule has 0 radical (unpaired) electrons. The van der Waals surface area contributed by atoms with Crippen LogP contribution in [0.15, 0.2) is 0 Å². The lowest BCUT2D eigenvalue weighted by molar-refractivity contribution is -0.140. The number of carboxylic acids is 1. The third-order valence-electron chi connectivity index (χ3n) is 2.11. The Morgan fingerprint density at radius 2 is 1.84 bits per heavy atom. The van der Waals surface area contributed by atoms with E-state index in [1.807, 2.05) is 5.32 Å². The molecule has 8 nitrogen and oxygen atoms in total. The highest BCUT2D eigenvalue weighted by Crippen LogP contribution is 1.99. The van der Waals surface area contributed by atoms with Gasteiger partial charge < -0.3 is 15.7 Å². The van der Waals surface area contributed by atoms with Crippen LogP contribution in [0.3, 0.4) is 0 Å². The number of carbonyl (C=O) groups excluding carboxylic acids is 2. The lowest BCUT2D eigenvalue weighted by atomic mass is 10.3. The van der Waals surface area contributed by atoms with Crippen LogP contribution in [0.5, 0.6) is 0 Å². The van der Waals surface area contributed by atoms with Crippen molar-refractivity contribution in [3.05, 3.63) is 0 Å². The molecule has 0 saturated carbocycles. The monoisotopic (exact) mass is 294 g/mol. The molecule has 0 aliphatic heterocycles. The molecule has 0 aromatic heterocycles. The van der Waals surface area contributed by atoms with Crippen LogP contribution in [0.2, 0.25) is 0 Å². The fourth-order valence-corrected chi connectivity index (χ4v) is 2.69. The smallest absolute Gasteiger partial charge is 0.327 e. The van der Waals surface area contributed by atoms with Gasteiger partial charge in [-0.2, -0.15) is 0 Å². The van der Waals surface area contributed by atoms with Gasteiger partial charge in [0.1, 0.15) is 6.04 Å². The Labute approximate surface area is 111 Å². The number of sulfone groups is 1. The van der Waals surface area contributed by atoms with Crippen LogP contribution in [0, 0.1) is 0 Å². The summed E-state index contributed by atoms with van der Waals surface area (Å²) in [7, 11) is -3.74. The fourth-order valence-electron chi connectivity index (χ4n) is 1.29.